The van der Waals surface area contributed by atoms with E-state index >= 15 is 0 Å². The Hall–Kier alpha value is -1.63. The lowest BCUT2D eigenvalue weighted by Crippen LogP contribution is -2.38. The molecule has 1 aromatic carbocycles. The van der Waals surface area contributed by atoms with Crippen molar-refractivity contribution in [3.05, 3.63) is 34.1 Å². The van der Waals surface area contributed by atoms with Crippen molar-refractivity contribution in [1.29, 1.82) is 0 Å². The maximum absolute atomic E-state index is 13.6. The van der Waals surface area contributed by atoms with E-state index in [1.165, 1.54) is 6.07 Å². The van der Waals surface area contributed by atoms with Gasteiger partial charge in [0.2, 0.25) is 0 Å². The Labute approximate surface area is 118 Å². The molecule has 0 saturated carbocycles. The van der Waals surface area contributed by atoms with Crippen LogP contribution in [0.3, 0.4) is 0 Å². The number of nitrogens with one attached hydrogen (secondary N) is 2. The van der Waals surface area contributed by atoms with Gasteiger partial charge in [-0.25, -0.2) is 9.18 Å². The molecule has 19 heavy (non-hydrogen) atoms. The highest BCUT2D eigenvalue weighted by molar-refractivity contribution is 9.10. The summed E-state index contributed by atoms with van der Waals surface area (Å²) < 4.78 is 14.2. The van der Waals surface area contributed by atoms with Crippen LogP contribution >= 0.6 is 15.9 Å². The van der Waals surface area contributed by atoms with Crippen LogP contribution in [0.25, 0.3) is 0 Å². The van der Waals surface area contributed by atoms with Gasteiger partial charge in [-0.3, -0.25) is 4.79 Å². The van der Waals surface area contributed by atoms with E-state index in [-0.39, 0.29) is 13.0 Å². The van der Waals surface area contributed by atoms with Gasteiger partial charge in [0.05, 0.1) is 12.5 Å². The zero-order valence-corrected chi connectivity index (χ0v) is 11.8. The number of carbonyl (C=O) groups excluding carboxylic acids is 1. The van der Waals surface area contributed by atoms with E-state index in [2.05, 4.69) is 26.6 Å². The normalized spacial score (nSPS) is 11.7. The highest BCUT2D eigenvalue weighted by Gasteiger charge is 2.13. The van der Waals surface area contributed by atoms with Crippen LogP contribution in [0.5, 0.6) is 0 Å². The van der Waals surface area contributed by atoms with Crippen molar-refractivity contribution < 1.29 is 19.1 Å². The fourth-order valence-electron chi connectivity index (χ4n) is 1.46. The van der Waals surface area contributed by atoms with Crippen molar-refractivity contribution in [1.82, 2.24) is 10.6 Å². The number of carboxylic acids is 1. The molecule has 1 rings (SSSR count). The van der Waals surface area contributed by atoms with E-state index in [0.29, 0.717) is 10.0 Å². The van der Waals surface area contributed by atoms with E-state index in [0.717, 1.165) is 0 Å². The van der Waals surface area contributed by atoms with Gasteiger partial charge in [0.1, 0.15) is 5.82 Å². The second-order valence-corrected chi connectivity index (χ2v) is 4.85. The molecule has 0 aliphatic rings. The molecule has 0 unspecified atom stereocenters. The smallest absolute Gasteiger partial charge is 0.315 e. The summed E-state index contributed by atoms with van der Waals surface area (Å²) in [7, 11) is 0. The molecule has 0 heterocycles. The summed E-state index contributed by atoms with van der Waals surface area (Å²) >= 11 is 3.15. The molecule has 0 aromatic heterocycles. The first-order chi connectivity index (χ1) is 8.90. The molecule has 1 atom stereocenters. The summed E-state index contributed by atoms with van der Waals surface area (Å²) in [4.78, 5) is 21.7. The van der Waals surface area contributed by atoms with Crippen LogP contribution in [0.1, 0.15) is 24.9 Å². The molecule has 7 heteroatoms. The molecule has 2 amide bonds. The molecule has 0 saturated heterocycles. The second-order valence-electron chi connectivity index (χ2n) is 3.93. The Morgan fingerprint density at radius 3 is 2.74 bits per heavy atom. The molecule has 0 fully saturated rings. The molecule has 0 aliphatic heterocycles. The quantitative estimate of drug-likeness (QED) is 0.774. The van der Waals surface area contributed by atoms with Crippen LogP contribution < -0.4 is 10.6 Å². The first-order valence-electron chi connectivity index (χ1n) is 5.61. The number of carboxylic acid groups (broad SMARTS) is 1. The summed E-state index contributed by atoms with van der Waals surface area (Å²) in [5.74, 6) is -1.42. The van der Waals surface area contributed by atoms with E-state index in [4.69, 9.17) is 5.11 Å². The van der Waals surface area contributed by atoms with Crippen molar-refractivity contribution in [3.8, 4) is 0 Å². The Balaban J connectivity index is 2.52. The van der Waals surface area contributed by atoms with Gasteiger partial charge in [-0.15, -0.1) is 0 Å². The second kappa shape index (κ2) is 7.08. The van der Waals surface area contributed by atoms with Crippen molar-refractivity contribution >= 4 is 27.9 Å². The van der Waals surface area contributed by atoms with Crippen LogP contribution in [0.2, 0.25) is 0 Å². The maximum atomic E-state index is 13.6. The predicted octanol–water partition coefficient (Wildman–Crippen LogP) is 2.42. The van der Waals surface area contributed by atoms with E-state index < -0.39 is 23.9 Å². The van der Waals surface area contributed by atoms with Crippen LogP contribution in [-0.2, 0) is 4.79 Å². The van der Waals surface area contributed by atoms with E-state index in [9.17, 15) is 14.0 Å². The third-order valence-electron chi connectivity index (χ3n) is 2.40. The van der Waals surface area contributed by atoms with Gasteiger partial charge >= 0.3 is 12.0 Å². The number of carbonyl (C=O) groups is 2. The van der Waals surface area contributed by atoms with Gasteiger partial charge in [0, 0.05) is 16.6 Å². The standard InChI is InChI=1S/C12H14BrFN2O3/c1-7(9-3-2-8(13)6-10(9)14)16-12(19)15-5-4-11(17)18/h2-3,6-7H,4-5H2,1H3,(H,17,18)(H2,15,16,19)/t7-/m0/s1. The highest BCUT2D eigenvalue weighted by atomic mass is 79.9. The minimum Gasteiger partial charge on any atom is -0.481 e. The number of hydrogen-bond acceptors (Lipinski definition) is 2. The number of benzene rings is 1. The summed E-state index contributed by atoms with van der Waals surface area (Å²) in [6.07, 6.45) is -0.158. The number of halogens is 2. The summed E-state index contributed by atoms with van der Waals surface area (Å²) in [6.45, 7) is 1.67. The summed E-state index contributed by atoms with van der Waals surface area (Å²) in [5, 5.41) is 13.3. The largest absolute Gasteiger partial charge is 0.481 e. The Morgan fingerprint density at radius 1 is 1.47 bits per heavy atom. The van der Waals surface area contributed by atoms with Gasteiger partial charge in [0.15, 0.2) is 0 Å². The molecule has 1 aromatic rings. The number of rotatable bonds is 5. The minimum absolute atomic E-state index is 0.0245. The lowest BCUT2D eigenvalue weighted by molar-refractivity contribution is -0.136. The van der Waals surface area contributed by atoms with Gasteiger partial charge in [-0.2, -0.15) is 0 Å². The SMILES string of the molecule is C[C@H](NC(=O)NCCC(=O)O)c1ccc(Br)cc1F. The number of aliphatic carboxylic acids is 1. The Kier molecular flexibility index (Phi) is 5.75. The fraction of sp³-hybridized carbons (Fsp3) is 0.333. The molecule has 104 valence electrons. The lowest BCUT2D eigenvalue weighted by atomic mass is 10.1. The van der Waals surface area contributed by atoms with Crippen LogP contribution in [0.4, 0.5) is 9.18 Å². The fourth-order valence-corrected chi connectivity index (χ4v) is 1.79. The number of urea groups is 1. The first kappa shape index (κ1) is 15.4. The molecular formula is C12H14BrFN2O3. The van der Waals surface area contributed by atoms with Crippen LogP contribution in [-0.4, -0.2) is 23.7 Å². The van der Waals surface area contributed by atoms with Crippen LogP contribution in [0.15, 0.2) is 22.7 Å². The minimum atomic E-state index is -0.993. The van der Waals surface area contributed by atoms with Gasteiger partial charge < -0.3 is 15.7 Å². The van der Waals surface area contributed by atoms with Crippen molar-refractivity contribution in [2.24, 2.45) is 0 Å². The molecule has 0 radical (unpaired) electrons. The van der Waals surface area contributed by atoms with Crippen molar-refractivity contribution in [2.75, 3.05) is 6.54 Å². The highest BCUT2D eigenvalue weighted by Crippen LogP contribution is 2.20. The van der Waals surface area contributed by atoms with Crippen molar-refractivity contribution in [2.45, 2.75) is 19.4 Å². The zero-order valence-electron chi connectivity index (χ0n) is 10.2. The van der Waals surface area contributed by atoms with Gasteiger partial charge in [-0.05, 0) is 19.1 Å². The maximum Gasteiger partial charge on any atom is 0.315 e. The molecular weight excluding hydrogens is 319 g/mol. The molecule has 0 aliphatic carbocycles. The number of amides is 2. The van der Waals surface area contributed by atoms with Gasteiger partial charge in [-0.1, -0.05) is 22.0 Å². The van der Waals surface area contributed by atoms with E-state index in [1.54, 1.807) is 19.1 Å². The molecule has 0 bridgehead atoms. The Bertz CT molecular complexity index is 482. The Morgan fingerprint density at radius 2 is 2.16 bits per heavy atom. The molecule has 5 nitrogen and oxygen atoms in total. The first-order valence-corrected chi connectivity index (χ1v) is 6.40. The van der Waals surface area contributed by atoms with E-state index in [1.807, 2.05) is 0 Å². The van der Waals surface area contributed by atoms with Crippen LogP contribution in [0, 0.1) is 5.82 Å². The molecule has 0 spiro atoms. The average Bonchev–Trinajstić information content (AvgIpc) is 2.27. The number of hydrogen-bond donors (Lipinski definition) is 3. The lowest BCUT2D eigenvalue weighted by Gasteiger charge is -2.15. The van der Waals surface area contributed by atoms with Gasteiger partial charge in [0.25, 0.3) is 0 Å². The topological polar surface area (TPSA) is 78.4 Å². The third-order valence-corrected chi connectivity index (χ3v) is 2.89. The third kappa shape index (κ3) is 5.25. The summed E-state index contributed by atoms with van der Waals surface area (Å²) in [6, 6.07) is 3.52. The average molecular weight is 333 g/mol. The molecule has 3 N–H and O–H groups in total. The van der Waals surface area contributed by atoms with Crippen molar-refractivity contribution in [3.63, 3.8) is 0 Å². The monoisotopic (exact) mass is 332 g/mol. The predicted molar refractivity (Wildman–Crippen MR) is 71.3 cm³/mol. The zero-order chi connectivity index (χ0) is 14.4. The summed E-state index contributed by atoms with van der Waals surface area (Å²) in [5.41, 5.74) is 0.358.